The van der Waals surface area contributed by atoms with Gasteiger partial charge in [0, 0.05) is 11.1 Å². The third-order valence-corrected chi connectivity index (χ3v) is 4.12. The molecule has 0 aliphatic rings. The molecule has 0 heterocycles. The van der Waals surface area contributed by atoms with Gasteiger partial charge in [-0.25, -0.2) is 0 Å². The molecule has 0 aliphatic carbocycles. The molecule has 1 N–H and O–H groups in total. The van der Waals surface area contributed by atoms with Crippen LogP contribution in [0, 0.1) is 10.1 Å². The van der Waals surface area contributed by atoms with Gasteiger partial charge in [-0.1, -0.05) is 18.5 Å². The van der Waals surface area contributed by atoms with E-state index in [2.05, 4.69) is 5.32 Å². The largest absolute Gasteiger partial charge is 0.493 e. The summed E-state index contributed by atoms with van der Waals surface area (Å²) in [5.41, 5.74) is -0.550. The van der Waals surface area contributed by atoms with Gasteiger partial charge in [-0.3, -0.25) is 14.9 Å². The van der Waals surface area contributed by atoms with Gasteiger partial charge < -0.3 is 24.3 Å². The molecule has 0 radical (unpaired) electrons. The molecule has 29 heavy (non-hydrogen) atoms. The monoisotopic (exact) mass is 424 g/mol. The molecule has 9 nitrogen and oxygen atoms in total. The van der Waals surface area contributed by atoms with Crippen molar-refractivity contribution in [2.45, 2.75) is 13.3 Å². The van der Waals surface area contributed by atoms with Crippen molar-refractivity contribution in [3.05, 3.63) is 45.0 Å². The lowest BCUT2D eigenvalue weighted by molar-refractivity contribution is -0.386. The molecule has 0 saturated carbocycles. The third-order valence-electron chi connectivity index (χ3n) is 3.88. The van der Waals surface area contributed by atoms with Crippen LogP contribution in [0.5, 0.6) is 23.0 Å². The number of carbonyl (C=O) groups excluding carboxylic acids is 1. The van der Waals surface area contributed by atoms with Crippen molar-refractivity contribution >= 4 is 28.9 Å². The first kappa shape index (κ1) is 22.1. The van der Waals surface area contributed by atoms with E-state index in [4.69, 9.17) is 30.5 Å². The van der Waals surface area contributed by atoms with E-state index in [1.807, 2.05) is 6.92 Å². The fraction of sp³-hybridized carbons (Fsp3) is 0.316. The van der Waals surface area contributed by atoms with Gasteiger partial charge in [0.05, 0.1) is 38.5 Å². The maximum Gasteiger partial charge on any atom is 0.327 e. The Morgan fingerprint density at radius 1 is 1.10 bits per heavy atom. The summed E-state index contributed by atoms with van der Waals surface area (Å²) in [5, 5.41) is 14.7. The number of carbonyl (C=O) groups is 1. The van der Waals surface area contributed by atoms with E-state index in [1.54, 1.807) is 12.1 Å². The van der Waals surface area contributed by atoms with E-state index >= 15 is 0 Å². The average Bonchev–Trinajstić information content (AvgIpc) is 2.71. The average molecular weight is 425 g/mol. The van der Waals surface area contributed by atoms with Crippen LogP contribution in [0.1, 0.15) is 23.7 Å². The van der Waals surface area contributed by atoms with Gasteiger partial charge in [0.15, 0.2) is 5.75 Å². The number of methoxy groups -OCH3 is 3. The van der Waals surface area contributed by atoms with Gasteiger partial charge in [0.25, 0.3) is 5.91 Å². The maximum absolute atomic E-state index is 12.9. The number of halogens is 1. The number of nitrogens with one attached hydrogen (secondary N) is 1. The zero-order valence-electron chi connectivity index (χ0n) is 16.4. The molecule has 0 aromatic heterocycles. The highest BCUT2D eigenvalue weighted by Gasteiger charge is 2.32. The molecule has 0 fully saturated rings. The van der Waals surface area contributed by atoms with Crippen LogP contribution in [0.25, 0.3) is 0 Å². The van der Waals surface area contributed by atoms with E-state index in [0.29, 0.717) is 17.4 Å². The molecule has 0 bridgehead atoms. The Balaban J connectivity index is 2.56. The molecule has 1 amide bonds. The van der Waals surface area contributed by atoms with Crippen LogP contribution in [0.2, 0.25) is 5.02 Å². The molecule has 0 unspecified atom stereocenters. The lowest BCUT2D eigenvalue weighted by Crippen LogP contribution is -2.16. The second-order valence-corrected chi connectivity index (χ2v) is 6.18. The summed E-state index contributed by atoms with van der Waals surface area (Å²) in [4.78, 5) is 23.9. The number of nitrogens with zero attached hydrogens (tertiary/aromatic N) is 1. The zero-order chi connectivity index (χ0) is 21.6. The summed E-state index contributed by atoms with van der Waals surface area (Å²) in [6.45, 7) is 2.36. The number of ether oxygens (including phenoxy) is 4. The highest BCUT2D eigenvalue weighted by atomic mass is 35.5. The van der Waals surface area contributed by atoms with Crippen molar-refractivity contribution < 1.29 is 28.7 Å². The molecule has 10 heteroatoms. The molecule has 2 rings (SSSR count). The predicted molar refractivity (Wildman–Crippen MR) is 108 cm³/mol. The number of rotatable bonds is 9. The third kappa shape index (κ3) is 4.80. The van der Waals surface area contributed by atoms with Crippen LogP contribution in [-0.2, 0) is 0 Å². The first-order chi connectivity index (χ1) is 13.9. The van der Waals surface area contributed by atoms with Crippen molar-refractivity contribution in [3.8, 4) is 23.0 Å². The number of amides is 1. The van der Waals surface area contributed by atoms with Crippen LogP contribution in [0.15, 0.2) is 24.3 Å². The Kier molecular flexibility index (Phi) is 7.49. The van der Waals surface area contributed by atoms with Gasteiger partial charge in [0.1, 0.15) is 11.3 Å². The Bertz CT molecular complexity index is 918. The van der Waals surface area contributed by atoms with Crippen LogP contribution in [0.4, 0.5) is 11.4 Å². The summed E-state index contributed by atoms with van der Waals surface area (Å²) in [6.07, 6.45) is 0.758. The minimum atomic E-state index is -0.764. The van der Waals surface area contributed by atoms with Crippen LogP contribution >= 0.6 is 11.6 Å². The number of anilines is 1. The molecular formula is C19H21ClN2O7. The Hall–Kier alpha value is -3.20. The van der Waals surface area contributed by atoms with Gasteiger partial charge >= 0.3 is 5.69 Å². The topological polar surface area (TPSA) is 109 Å². The fourth-order valence-electron chi connectivity index (χ4n) is 2.62. The predicted octanol–water partition coefficient (Wildman–Crippen LogP) is 4.32. The molecule has 0 spiro atoms. The van der Waals surface area contributed by atoms with Crippen molar-refractivity contribution in [2.24, 2.45) is 0 Å². The van der Waals surface area contributed by atoms with Crippen molar-refractivity contribution in [2.75, 3.05) is 33.3 Å². The summed E-state index contributed by atoms with van der Waals surface area (Å²) in [5.74, 6) is -0.489. The molecule has 2 aromatic rings. The Morgan fingerprint density at radius 3 is 2.34 bits per heavy atom. The molecule has 0 aliphatic heterocycles. The maximum atomic E-state index is 12.9. The fourth-order valence-corrected chi connectivity index (χ4v) is 2.79. The molecule has 0 atom stereocenters. The molecule has 156 valence electrons. The number of hydrogen-bond donors (Lipinski definition) is 1. The molecule has 2 aromatic carbocycles. The van der Waals surface area contributed by atoms with Crippen molar-refractivity contribution in [3.63, 3.8) is 0 Å². The van der Waals surface area contributed by atoms with Gasteiger partial charge in [-0.05, 0) is 24.6 Å². The summed E-state index contributed by atoms with van der Waals surface area (Å²) < 4.78 is 21.1. The van der Waals surface area contributed by atoms with Crippen LogP contribution in [-0.4, -0.2) is 38.8 Å². The Labute approximate surface area is 172 Å². The molecular weight excluding hydrogens is 404 g/mol. The van der Waals surface area contributed by atoms with E-state index in [1.165, 1.54) is 33.5 Å². The van der Waals surface area contributed by atoms with Crippen LogP contribution < -0.4 is 24.3 Å². The first-order valence-electron chi connectivity index (χ1n) is 8.58. The Morgan fingerprint density at radius 2 is 1.79 bits per heavy atom. The summed E-state index contributed by atoms with van der Waals surface area (Å²) >= 11 is 6.03. The van der Waals surface area contributed by atoms with Crippen LogP contribution in [0.3, 0.4) is 0 Å². The highest BCUT2D eigenvalue weighted by Crippen LogP contribution is 2.46. The zero-order valence-corrected chi connectivity index (χ0v) is 17.2. The van der Waals surface area contributed by atoms with Gasteiger partial charge in [0.2, 0.25) is 11.5 Å². The van der Waals surface area contributed by atoms with Gasteiger partial charge in [-0.15, -0.1) is 0 Å². The van der Waals surface area contributed by atoms with Crippen molar-refractivity contribution in [1.29, 1.82) is 0 Å². The second-order valence-electron chi connectivity index (χ2n) is 5.74. The van der Waals surface area contributed by atoms with Crippen molar-refractivity contribution in [1.82, 2.24) is 0 Å². The lowest BCUT2D eigenvalue weighted by atomic mass is 10.1. The lowest BCUT2D eigenvalue weighted by Gasteiger charge is -2.16. The van der Waals surface area contributed by atoms with E-state index < -0.39 is 16.5 Å². The first-order valence-corrected chi connectivity index (χ1v) is 8.96. The number of benzene rings is 2. The minimum absolute atomic E-state index is 0.00738. The summed E-state index contributed by atoms with van der Waals surface area (Å²) in [6, 6.07) is 5.93. The number of nitro benzene ring substituents is 1. The standard InChI is InChI=1S/C19H21ClN2O7/c1-5-8-29-14-7-6-11(20)9-13(14)21-19(23)12-10-15(26-2)17(27-3)18(28-4)16(12)22(24)25/h6-7,9-10H,5,8H2,1-4H3,(H,21,23). The number of hydrogen-bond acceptors (Lipinski definition) is 7. The molecule has 0 saturated heterocycles. The van der Waals surface area contributed by atoms with E-state index in [9.17, 15) is 14.9 Å². The smallest absolute Gasteiger partial charge is 0.327 e. The van der Waals surface area contributed by atoms with Gasteiger partial charge in [-0.2, -0.15) is 0 Å². The summed E-state index contributed by atoms with van der Waals surface area (Å²) in [7, 11) is 3.89. The highest BCUT2D eigenvalue weighted by molar-refractivity contribution is 6.31. The normalized spacial score (nSPS) is 10.2. The van der Waals surface area contributed by atoms with E-state index in [0.717, 1.165) is 6.42 Å². The minimum Gasteiger partial charge on any atom is -0.493 e. The second kappa shape index (κ2) is 9.83. The number of nitro groups is 1. The quantitative estimate of drug-likeness (QED) is 0.471. The SMILES string of the molecule is CCCOc1ccc(Cl)cc1NC(=O)c1cc(OC)c(OC)c(OC)c1[N+](=O)[O-]. The van der Waals surface area contributed by atoms with E-state index in [-0.39, 0.29) is 28.5 Å².